The Labute approximate surface area is 144 Å². The molecular formula is C18H17FN2O4. The molecule has 1 aliphatic heterocycles. The minimum atomic E-state index is -0.777. The van der Waals surface area contributed by atoms with Gasteiger partial charge in [-0.3, -0.25) is 14.9 Å². The number of halogens is 1. The molecule has 25 heavy (non-hydrogen) atoms. The molecule has 0 fully saturated rings. The van der Waals surface area contributed by atoms with Gasteiger partial charge in [0.05, 0.1) is 23.2 Å². The summed E-state index contributed by atoms with van der Waals surface area (Å²) in [5.41, 5.74) is 0.641. The topological polar surface area (TPSA) is 72.7 Å². The van der Waals surface area contributed by atoms with Crippen LogP contribution in [-0.4, -0.2) is 16.9 Å². The van der Waals surface area contributed by atoms with Crippen LogP contribution in [0.5, 0.6) is 5.75 Å². The summed E-state index contributed by atoms with van der Waals surface area (Å²) in [5, 5.41) is 11.0. The number of amides is 1. The zero-order valence-corrected chi connectivity index (χ0v) is 13.8. The SMILES string of the molecule is CC(C)[C@H]1Oc2cc([N+](=O)[O-])ccc2N(Cc2ccccc2F)C1=O. The standard InChI is InChI=1S/C18H17FN2O4/c1-11(2)17-18(22)20(10-12-5-3-4-6-14(12)19)15-8-7-13(21(23)24)9-16(15)25-17/h3-9,11,17H,10H2,1-2H3/t17-/m1/s1. The van der Waals surface area contributed by atoms with Gasteiger partial charge in [-0.2, -0.15) is 0 Å². The maximum absolute atomic E-state index is 14.0. The number of anilines is 1. The summed E-state index contributed by atoms with van der Waals surface area (Å²) in [4.78, 5) is 24.7. The molecule has 0 aliphatic carbocycles. The Morgan fingerprint density at radius 2 is 2.00 bits per heavy atom. The van der Waals surface area contributed by atoms with E-state index >= 15 is 0 Å². The lowest BCUT2D eigenvalue weighted by atomic mass is 10.0. The lowest BCUT2D eigenvalue weighted by molar-refractivity contribution is -0.384. The summed E-state index contributed by atoms with van der Waals surface area (Å²) >= 11 is 0. The summed E-state index contributed by atoms with van der Waals surface area (Å²) < 4.78 is 19.7. The van der Waals surface area contributed by atoms with E-state index in [4.69, 9.17) is 4.74 Å². The van der Waals surface area contributed by atoms with Crippen molar-refractivity contribution in [2.75, 3.05) is 4.90 Å². The van der Waals surface area contributed by atoms with E-state index in [-0.39, 0.29) is 29.8 Å². The number of carbonyl (C=O) groups is 1. The van der Waals surface area contributed by atoms with Crippen molar-refractivity contribution in [1.29, 1.82) is 0 Å². The number of fused-ring (bicyclic) bond motifs is 1. The summed E-state index contributed by atoms with van der Waals surface area (Å²) in [6, 6.07) is 10.3. The van der Waals surface area contributed by atoms with Crippen molar-refractivity contribution in [3.63, 3.8) is 0 Å². The van der Waals surface area contributed by atoms with E-state index in [0.29, 0.717) is 11.3 Å². The minimum Gasteiger partial charge on any atom is -0.478 e. The molecule has 130 valence electrons. The quantitative estimate of drug-likeness (QED) is 0.626. The summed E-state index contributed by atoms with van der Waals surface area (Å²) in [5.74, 6) is -0.585. The summed E-state index contributed by atoms with van der Waals surface area (Å²) in [6.07, 6.45) is -0.777. The van der Waals surface area contributed by atoms with Crippen LogP contribution in [-0.2, 0) is 11.3 Å². The first-order chi connectivity index (χ1) is 11.9. The first-order valence-corrected chi connectivity index (χ1v) is 7.88. The largest absolute Gasteiger partial charge is 0.478 e. The van der Waals surface area contributed by atoms with Gasteiger partial charge in [0.15, 0.2) is 11.9 Å². The monoisotopic (exact) mass is 344 g/mol. The lowest BCUT2D eigenvalue weighted by Gasteiger charge is -2.36. The molecule has 0 saturated carbocycles. The molecule has 0 radical (unpaired) electrons. The van der Waals surface area contributed by atoms with E-state index in [1.807, 2.05) is 13.8 Å². The molecule has 2 aromatic carbocycles. The van der Waals surface area contributed by atoms with Crippen LogP contribution in [0.1, 0.15) is 19.4 Å². The van der Waals surface area contributed by atoms with Gasteiger partial charge in [-0.25, -0.2) is 4.39 Å². The highest BCUT2D eigenvalue weighted by Crippen LogP contribution is 2.39. The Morgan fingerprint density at radius 1 is 1.28 bits per heavy atom. The number of benzene rings is 2. The van der Waals surface area contributed by atoms with Gasteiger partial charge in [-0.15, -0.1) is 0 Å². The van der Waals surface area contributed by atoms with Crippen LogP contribution in [0.25, 0.3) is 0 Å². The Kier molecular flexibility index (Phi) is 4.39. The number of non-ortho nitro benzene ring substituents is 1. The smallest absolute Gasteiger partial charge is 0.273 e. The zero-order valence-electron chi connectivity index (χ0n) is 13.8. The predicted molar refractivity (Wildman–Crippen MR) is 89.9 cm³/mol. The zero-order chi connectivity index (χ0) is 18.1. The Morgan fingerprint density at radius 3 is 2.64 bits per heavy atom. The first kappa shape index (κ1) is 16.9. The first-order valence-electron chi connectivity index (χ1n) is 7.88. The van der Waals surface area contributed by atoms with Crippen molar-refractivity contribution >= 4 is 17.3 Å². The molecule has 1 heterocycles. The summed E-state index contributed by atoms with van der Waals surface area (Å²) in [6.45, 7) is 3.68. The van der Waals surface area contributed by atoms with Gasteiger partial charge in [0.25, 0.3) is 11.6 Å². The second-order valence-corrected chi connectivity index (χ2v) is 6.21. The average molecular weight is 344 g/mol. The normalized spacial score (nSPS) is 16.6. The third kappa shape index (κ3) is 3.17. The van der Waals surface area contributed by atoms with Crippen molar-refractivity contribution in [3.05, 3.63) is 64.0 Å². The molecule has 6 nitrogen and oxygen atoms in total. The average Bonchev–Trinajstić information content (AvgIpc) is 2.58. The third-order valence-electron chi connectivity index (χ3n) is 4.10. The minimum absolute atomic E-state index is 0.0307. The van der Waals surface area contributed by atoms with Crippen LogP contribution in [0.15, 0.2) is 42.5 Å². The van der Waals surface area contributed by atoms with Gasteiger partial charge in [-0.1, -0.05) is 32.0 Å². The van der Waals surface area contributed by atoms with Gasteiger partial charge in [0.1, 0.15) is 5.82 Å². The molecule has 0 spiro atoms. The third-order valence-corrected chi connectivity index (χ3v) is 4.10. The van der Waals surface area contributed by atoms with Crippen LogP contribution in [0.2, 0.25) is 0 Å². The number of nitrogens with zero attached hydrogens (tertiary/aromatic N) is 2. The molecule has 0 bridgehead atoms. The predicted octanol–water partition coefficient (Wildman–Crippen LogP) is 3.68. The van der Waals surface area contributed by atoms with Gasteiger partial charge in [0, 0.05) is 11.6 Å². The van der Waals surface area contributed by atoms with E-state index < -0.39 is 16.8 Å². The highest BCUT2D eigenvalue weighted by atomic mass is 19.1. The lowest BCUT2D eigenvalue weighted by Crippen LogP contribution is -2.48. The van der Waals surface area contributed by atoms with Gasteiger partial charge in [0.2, 0.25) is 0 Å². The molecular weight excluding hydrogens is 327 g/mol. The van der Waals surface area contributed by atoms with Gasteiger partial charge in [-0.05, 0) is 18.1 Å². The molecule has 0 N–H and O–H groups in total. The number of nitro benzene ring substituents is 1. The van der Waals surface area contributed by atoms with Crippen molar-refractivity contribution in [1.82, 2.24) is 0 Å². The highest BCUT2D eigenvalue weighted by molar-refractivity contribution is 6.00. The highest BCUT2D eigenvalue weighted by Gasteiger charge is 2.37. The van der Waals surface area contributed by atoms with Gasteiger partial charge >= 0.3 is 0 Å². The molecule has 0 saturated heterocycles. The van der Waals surface area contributed by atoms with Crippen molar-refractivity contribution < 1.29 is 18.8 Å². The van der Waals surface area contributed by atoms with Gasteiger partial charge < -0.3 is 9.64 Å². The van der Waals surface area contributed by atoms with Crippen molar-refractivity contribution in [2.24, 2.45) is 5.92 Å². The van der Waals surface area contributed by atoms with Crippen molar-refractivity contribution in [3.8, 4) is 5.75 Å². The molecule has 0 aromatic heterocycles. The molecule has 2 aromatic rings. The van der Waals surface area contributed by atoms with Crippen LogP contribution in [0.3, 0.4) is 0 Å². The molecule has 1 aliphatic rings. The van der Waals surface area contributed by atoms with E-state index in [9.17, 15) is 19.3 Å². The fraction of sp³-hybridized carbons (Fsp3) is 0.278. The molecule has 1 atom stereocenters. The fourth-order valence-corrected chi connectivity index (χ4v) is 2.77. The van der Waals surface area contributed by atoms with Crippen molar-refractivity contribution in [2.45, 2.75) is 26.5 Å². The second-order valence-electron chi connectivity index (χ2n) is 6.21. The summed E-state index contributed by atoms with van der Waals surface area (Å²) in [7, 11) is 0. The number of nitro groups is 1. The van der Waals surface area contributed by atoms with Crippen LogP contribution >= 0.6 is 0 Å². The van der Waals surface area contributed by atoms with Crippen LogP contribution in [0, 0.1) is 21.8 Å². The van der Waals surface area contributed by atoms with E-state index in [0.717, 1.165) is 0 Å². The Balaban J connectivity index is 2.05. The maximum atomic E-state index is 14.0. The van der Waals surface area contributed by atoms with Crippen LogP contribution in [0.4, 0.5) is 15.8 Å². The Bertz CT molecular complexity index is 838. The number of ether oxygens (including phenoxy) is 1. The van der Waals surface area contributed by atoms with E-state index in [2.05, 4.69) is 0 Å². The molecule has 1 amide bonds. The number of carbonyl (C=O) groups excluding carboxylic acids is 1. The van der Waals surface area contributed by atoms with Crippen LogP contribution < -0.4 is 9.64 Å². The van der Waals surface area contributed by atoms with E-state index in [1.165, 1.54) is 29.2 Å². The fourth-order valence-electron chi connectivity index (χ4n) is 2.77. The number of hydrogen-bond acceptors (Lipinski definition) is 4. The number of hydrogen-bond donors (Lipinski definition) is 0. The maximum Gasteiger partial charge on any atom is 0.273 e. The molecule has 7 heteroatoms. The number of rotatable bonds is 4. The second kappa shape index (κ2) is 6.51. The molecule has 0 unspecified atom stereocenters. The molecule has 3 rings (SSSR count). The van der Waals surface area contributed by atoms with E-state index in [1.54, 1.807) is 18.2 Å². The Hall–Kier alpha value is -2.96.